The SMILES string of the molecule is Cc1noc2nc(-c3ccco3)cc(C(=O)Nc3ccc(-n4ccnc4)cc3)c12. The summed E-state index contributed by atoms with van der Waals surface area (Å²) in [6, 6.07) is 12.7. The van der Waals surface area contributed by atoms with E-state index in [0.717, 1.165) is 5.69 Å². The highest BCUT2D eigenvalue weighted by molar-refractivity contribution is 6.13. The maximum atomic E-state index is 13.1. The third-order valence-electron chi connectivity index (χ3n) is 4.56. The smallest absolute Gasteiger partial charge is 0.259 e. The summed E-state index contributed by atoms with van der Waals surface area (Å²) in [6.07, 6.45) is 6.83. The number of aryl methyl sites for hydroxylation is 1. The Morgan fingerprint density at radius 1 is 1.17 bits per heavy atom. The number of imidazole rings is 1. The maximum absolute atomic E-state index is 13.1. The van der Waals surface area contributed by atoms with E-state index in [-0.39, 0.29) is 11.6 Å². The van der Waals surface area contributed by atoms with Crippen LogP contribution in [0.15, 0.2) is 76.4 Å². The number of nitrogens with zero attached hydrogens (tertiary/aromatic N) is 4. The second-order valence-corrected chi connectivity index (χ2v) is 6.45. The van der Waals surface area contributed by atoms with Crippen molar-refractivity contribution in [2.75, 3.05) is 5.32 Å². The molecule has 1 aromatic carbocycles. The number of fused-ring (bicyclic) bond motifs is 1. The van der Waals surface area contributed by atoms with Crippen LogP contribution in [0.5, 0.6) is 0 Å². The molecule has 0 spiro atoms. The van der Waals surface area contributed by atoms with Gasteiger partial charge in [-0.25, -0.2) is 9.97 Å². The van der Waals surface area contributed by atoms with E-state index in [1.54, 1.807) is 43.9 Å². The van der Waals surface area contributed by atoms with Gasteiger partial charge in [-0.1, -0.05) is 5.16 Å². The first-order valence-corrected chi connectivity index (χ1v) is 8.90. The van der Waals surface area contributed by atoms with Crippen LogP contribution >= 0.6 is 0 Å². The van der Waals surface area contributed by atoms with Crippen molar-refractivity contribution in [3.63, 3.8) is 0 Å². The first kappa shape index (κ1) is 16.9. The largest absolute Gasteiger partial charge is 0.463 e. The summed E-state index contributed by atoms with van der Waals surface area (Å²) < 4.78 is 12.6. The third kappa shape index (κ3) is 3.06. The molecule has 5 rings (SSSR count). The molecule has 4 aromatic heterocycles. The van der Waals surface area contributed by atoms with E-state index >= 15 is 0 Å². The quantitative estimate of drug-likeness (QED) is 0.497. The van der Waals surface area contributed by atoms with Crippen molar-refractivity contribution >= 4 is 22.7 Å². The number of furan rings is 1. The highest BCUT2D eigenvalue weighted by Crippen LogP contribution is 2.28. The summed E-state index contributed by atoms with van der Waals surface area (Å²) in [5.41, 5.74) is 3.41. The van der Waals surface area contributed by atoms with E-state index in [9.17, 15) is 4.79 Å². The van der Waals surface area contributed by atoms with Gasteiger partial charge in [-0.2, -0.15) is 0 Å². The van der Waals surface area contributed by atoms with Gasteiger partial charge in [0.15, 0.2) is 5.76 Å². The summed E-state index contributed by atoms with van der Waals surface area (Å²) in [6.45, 7) is 1.77. The summed E-state index contributed by atoms with van der Waals surface area (Å²) >= 11 is 0. The number of nitrogens with one attached hydrogen (secondary N) is 1. The van der Waals surface area contributed by atoms with Crippen LogP contribution in [0.3, 0.4) is 0 Å². The molecule has 0 unspecified atom stereocenters. The van der Waals surface area contributed by atoms with Gasteiger partial charge in [0.1, 0.15) is 5.69 Å². The van der Waals surface area contributed by atoms with Crippen molar-refractivity contribution in [3.8, 4) is 17.1 Å². The zero-order valence-electron chi connectivity index (χ0n) is 15.4. The van der Waals surface area contributed by atoms with E-state index in [4.69, 9.17) is 8.94 Å². The Labute approximate surface area is 164 Å². The predicted molar refractivity (Wildman–Crippen MR) is 106 cm³/mol. The van der Waals surface area contributed by atoms with E-state index in [1.807, 2.05) is 35.0 Å². The van der Waals surface area contributed by atoms with Crippen molar-refractivity contribution in [3.05, 3.63) is 78.7 Å². The molecule has 0 atom stereocenters. The van der Waals surface area contributed by atoms with Crippen LogP contribution in [0.2, 0.25) is 0 Å². The van der Waals surface area contributed by atoms with Crippen molar-refractivity contribution < 1.29 is 13.7 Å². The molecular weight excluding hydrogens is 370 g/mol. The molecule has 5 aromatic rings. The summed E-state index contributed by atoms with van der Waals surface area (Å²) in [7, 11) is 0. The van der Waals surface area contributed by atoms with Crippen LogP contribution in [0.4, 0.5) is 5.69 Å². The lowest BCUT2D eigenvalue weighted by atomic mass is 10.1. The Morgan fingerprint density at radius 2 is 2.03 bits per heavy atom. The topological polar surface area (TPSA) is 99.0 Å². The molecule has 0 radical (unpaired) electrons. The van der Waals surface area contributed by atoms with Crippen molar-refractivity contribution in [2.45, 2.75) is 6.92 Å². The number of carbonyl (C=O) groups excluding carboxylic acids is 1. The predicted octanol–water partition coefficient (Wildman–Crippen LogP) is 4.23. The fraction of sp³-hybridized carbons (Fsp3) is 0.0476. The van der Waals surface area contributed by atoms with Gasteiger partial charge in [0.05, 0.1) is 29.2 Å². The van der Waals surface area contributed by atoms with Crippen LogP contribution in [0.1, 0.15) is 16.1 Å². The Hall–Kier alpha value is -4.20. The molecule has 8 nitrogen and oxygen atoms in total. The maximum Gasteiger partial charge on any atom is 0.259 e. The molecule has 1 N–H and O–H groups in total. The molecule has 0 aliphatic carbocycles. The molecule has 0 saturated carbocycles. The average molecular weight is 385 g/mol. The number of rotatable bonds is 4. The Bertz CT molecular complexity index is 1290. The molecule has 0 bridgehead atoms. The lowest BCUT2D eigenvalue weighted by Crippen LogP contribution is -2.13. The minimum Gasteiger partial charge on any atom is -0.463 e. The lowest BCUT2D eigenvalue weighted by molar-refractivity contribution is 0.102. The standard InChI is InChI=1S/C21H15N5O3/c1-13-19-16(11-17(18-3-2-10-28-18)24-21(19)29-25-13)20(27)23-14-4-6-15(7-5-14)26-9-8-22-12-26/h2-12H,1H3,(H,23,27). The molecule has 1 amide bonds. The number of amides is 1. The van der Waals surface area contributed by atoms with Crippen LogP contribution in [0, 0.1) is 6.92 Å². The number of aromatic nitrogens is 4. The molecule has 0 fully saturated rings. The number of pyridine rings is 1. The summed E-state index contributed by atoms with van der Waals surface area (Å²) in [4.78, 5) is 21.5. The number of carbonyl (C=O) groups is 1. The van der Waals surface area contributed by atoms with E-state index in [0.29, 0.717) is 33.8 Å². The van der Waals surface area contributed by atoms with Crippen molar-refractivity contribution in [2.24, 2.45) is 0 Å². The normalized spacial score (nSPS) is 11.1. The van der Waals surface area contributed by atoms with Gasteiger partial charge in [0, 0.05) is 23.8 Å². The summed E-state index contributed by atoms with van der Waals surface area (Å²) in [5, 5.41) is 7.45. The molecule has 0 saturated heterocycles. The van der Waals surface area contributed by atoms with E-state index in [2.05, 4.69) is 20.4 Å². The molecule has 29 heavy (non-hydrogen) atoms. The van der Waals surface area contributed by atoms with Crippen LogP contribution in [-0.2, 0) is 0 Å². The first-order valence-electron chi connectivity index (χ1n) is 8.90. The fourth-order valence-corrected chi connectivity index (χ4v) is 3.15. The first-order chi connectivity index (χ1) is 14.2. The van der Waals surface area contributed by atoms with Crippen LogP contribution < -0.4 is 5.32 Å². The average Bonchev–Trinajstić information content (AvgIpc) is 3.50. The lowest BCUT2D eigenvalue weighted by Gasteiger charge is -2.09. The highest BCUT2D eigenvalue weighted by atomic mass is 16.5. The molecule has 0 aliphatic rings. The molecule has 8 heteroatoms. The van der Waals surface area contributed by atoms with E-state index < -0.39 is 0 Å². The number of hydrogen-bond donors (Lipinski definition) is 1. The number of benzene rings is 1. The van der Waals surface area contributed by atoms with Gasteiger partial charge in [0.25, 0.3) is 11.6 Å². The highest BCUT2D eigenvalue weighted by Gasteiger charge is 2.20. The number of hydrogen-bond acceptors (Lipinski definition) is 6. The molecule has 142 valence electrons. The Balaban J connectivity index is 1.50. The van der Waals surface area contributed by atoms with Gasteiger partial charge >= 0.3 is 0 Å². The van der Waals surface area contributed by atoms with Crippen molar-refractivity contribution in [1.29, 1.82) is 0 Å². The minimum atomic E-state index is -0.285. The van der Waals surface area contributed by atoms with Gasteiger partial charge in [-0.05, 0) is 49.4 Å². The third-order valence-corrected chi connectivity index (χ3v) is 4.56. The Kier molecular flexibility index (Phi) is 3.94. The second kappa shape index (κ2) is 6.75. The second-order valence-electron chi connectivity index (χ2n) is 6.45. The molecular formula is C21H15N5O3. The summed E-state index contributed by atoms with van der Waals surface area (Å²) in [5.74, 6) is 0.256. The van der Waals surface area contributed by atoms with Gasteiger partial charge < -0.3 is 18.8 Å². The Morgan fingerprint density at radius 3 is 2.76 bits per heavy atom. The zero-order chi connectivity index (χ0) is 19.8. The van der Waals surface area contributed by atoms with Crippen molar-refractivity contribution in [1.82, 2.24) is 19.7 Å². The van der Waals surface area contributed by atoms with Crippen LogP contribution in [0.25, 0.3) is 28.2 Å². The molecule has 4 heterocycles. The van der Waals surface area contributed by atoms with Gasteiger partial charge in [0.2, 0.25) is 0 Å². The van der Waals surface area contributed by atoms with Gasteiger partial charge in [-0.15, -0.1) is 0 Å². The molecule has 0 aliphatic heterocycles. The zero-order valence-corrected chi connectivity index (χ0v) is 15.4. The fourth-order valence-electron chi connectivity index (χ4n) is 3.15. The monoisotopic (exact) mass is 385 g/mol. The number of anilines is 1. The van der Waals surface area contributed by atoms with Crippen LogP contribution in [-0.4, -0.2) is 25.6 Å². The van der Waals surface area contributed by atoms with E-state index in [1.165, 1.54) is 0 Å². The van der Waals surface area contributed by atoms with Gasteiger partial charge in [-0.3, -0.25) is 4.79 Å². The minimum absolute atomic E-state index is 0.285.